The molecule has 1 aromatic heterocycles. The van der Waals surface area contributed by atoms with E-state index in [4.69, 9.17) is 0 Å². The summed E-state index contributed by atoms with van der Waals surface area (Å²) < 4.78 is 0. The van der Waals surface area contributed by atoms with Crippen LogP contribution in [0, 0.1) is 5.92 Å². The lowest BCUT2D eigenvalue weighted by molar-refractivity contribution is 0.0957. The third-order valence-corrected chi connectivity index (χ3v) is 3.48. The maximum atomic E-state index is 11.7. The predicted molar refractivity (Wildman–Crippen MR) is 77.2 cm³/mol. The van der Waals surface area contributed by atoms with Gasteiger partial charge in [0.05, 0.1) is 5.56 Å². The summed E-state index contributed by atoms with van der Waals surface area (Å²) in [6.07, 6.45) is 6.94. The van der Waals surface area contributed by atoms with Gasteiger partial charge in [-0.3, -0.25) is 4.79 Å². The minimum absolute atomic E-state index is 0.117. The molecule has 1 aliphatic rings. The van der Waals surface area contributed by atoms with Gasteiger partial charge in [0, 0.05) is 18.8 Å². The normalized spacial score (nSPS) is 21.9. The van der Waals surface area contributed by atoms with Gasteiger partial charge in [-0.1, -0.05) is 13.0 Å². The standard InChI is InChI=1S/C15H21N3O/c1-3-8-16-15(19)12-5-7-14(17-10-12)18-13-6-4-11(2)9-13/h3,5,7,10-11,13H,1,4,6,8-9H2,2H3,(H,16,19)(H,17,18). The van der Waals surface area contributed by atoms with E-state index in [0.717, 1.165) is 11.7 Å². The fourth-order valence-electron chi connectivity index (χ4n) is 2.43. The molecule has 4 nitrogen and oxygen atoms in total. The van der Waals surface area contributed by atoms with Crippen LogP contribution >= 0.6 is 0 Å². The van der Waals surface area contributed by atoms with Gasteiger partial charge >= 0.3 is 0 Å². The zero-order valence-corrected chi connectivity index (χ0v) is 11.4. The van der Waals surface area contributed by atoms with Crippen molar-refractivity contribution in [2.24, 2.45) is 5.92 Å². The van der Waals surface area contributed by atoms with Gasteiger partial charge in [0.2, 0.25) is 0 Å². The van der Waals surface area contributed by atoms with E-state index in [9.17, 15) is 4.79 Å². The molecule has 2 atom stereocenters. The highest BCUT2D eigenvalue weighted by atomic mass is 16.1. The monoisotopic (exact) mass is 259 g/mol. The lowest BCUT2D eigenvalue weighted by Gasteiger charge is -2.13. The van der Waals surface area contributed by atoms with E-state index in [0.29, 0.717) is 18.2 Å². The van der Waals surface area contributed by atoms with Crippen molar-refractivity contribution in [1.29, 1.82) is 0 Å². The number of nitrogens with zero attached hydrogens (tertiary/aromatic N) is 1. The summed E-state index contributed by atoms with van der Waals surface area (Å²) in [5.74, 6) is 1.52. The molecule has 0 bridgehead atoms. The van der Waals surface area contributed by atoms with Crippen LogP contribution in [0.1, 0.15) is 36.5 Å². The summed E-state index contributed by atoms with van der Waals surface area (Å²) in [5.41, 5.74) is 0.576. The van der Waals surface area contributed by atoms with Crippen LogP contribution in [0.2, 0.25) is 0 Å². The molecule has 0 aliphatic heterocycles. The zero-order valence-electron chi connectivity index (χ0n) is 11.4. The molecule has 1 saturated carbocycles. The number of amides is 1. The average Bonchev–Trinajstić information content (AvgIpc) is 2.82. The van der Waals surface area contributed by atoms with Crippen molar-refractivity contribution in [2.45, 2.75) is 32.2 Å². The number of rotatable bonds is 5. The number of anilines is 1. The first kappa shape index (κ1) is 13.6. The van der Waals surface area contributed by atoms with E-state index in [1.54, 1.807) is 18.3 Å². The number of pyridine rings is 1. The van der Waals surface area contributed by atoms with Crippen LogP contribution in [0.5, 0.6) is 0 Å². The first-order valence-electron chi connectivity index (χ1n) is 6.80. The average molecular weight is 259 g/mol. The minimum atomic E-state index is -0.117. The van der Waals surface area contributed by atoms with Gasteiger partial charge in [-0.15, -0.1) is 6.58 Å². The van der Waals surface area contributed by atoms with Gasteiger partial charge in [0.1, 0.15) is 5.82 Å². The van der Waals surface area contributed by atoms with Crippen LogP contribution in [0.15, 0.2) is 31.0 Å². The minimum Gasteiger partial charge on any atom is -0.367 e. The predicted octanol–water partition coefficient (Wildman–Crippen LogP) is 2.60. The van der Waals surface area contributed by atoms with Gasteiger partial charge in [-0.05, 0) is 37.3 Å². The van der Waals surface area contributed by atoms with Crippen molar-refractivity contribution in [3.8, 4) is 0 Å². The highest BCUT2D eigenvalue weighted by molar-refractivity contribution is 5.94. The molecule has 4 heteroatoms. The summed E-state index contributed by atoms with van der Waals surface area (Å²) in [5, 5.41) is 6.15. The van der Waals surface area contributed by atoms with Crippen LogP contribution < -0.4 is 10.6 Å². The van der Waals surface area contributed by atoms with E-state index in [1.807, 2.05) is 6.07 Å². The van der Waals surface area contributed by atoms with Crippen molar-refractivity contribution >= 4 is 11.7 Å². The molecule has 0 radical (unpaired) electrons. The summed E-state index contributed by atoms with van der Waals surface area (Å²) >= 11 is 0. The van der Waals surface area contributed by atoms with E-state index in [1.165, 1.54) is 19.3 Å². The Kier molecular flexibility index (Phi) is 4.55. The second kappa shape index (κ2) is 6.36. The van der Waals surface area contributed by atoms with Crippen LogP contribution in [-0.2, 0) is 0 Å². The van der Waals surface area contributed by atoms with Crippen LogP contribution in [0.4, 0.5) is 5.82 Å². The van der Waals surface area contributed by atoms with E-state index in [-0.39, 0.29) is 5.91 Å². The Morgan fingerprint density at radius 1 is 1.53 bits per heavy atom. The van der Waals surface area contributed by atoms with Crippen molar-refractivity contribution < 1.29 is 4.79 Å². The summed E-state index contributed by atoms with van der Waals surface area (Å²) in [6.45, 7) is 6.31. The molecule has 0 saturated heterocycles. The van der Waals surface area contributed by atoms with Gasteiger partial charge in [0.15, 0.2) is 0 Å². The lowest BCUT2D eigenvalue weighted by atomic mass is 10.1. The molecule has 1 aromatic rings. The molecule has 2 N–H and O–H groups in total. The van der Waals surface area contributed by atoms with Gasteiger partial charge in [0.25, 0.3) is 5.91 Å². The quantitative estimate of drug-likeness (QED) is 0.799. The number of aromatic nitrogens is 1. The van der Waals surface area contributed by atoms with Gasteiger partial charge < -0.3 is 10.6 Å². The zero-order chi connectivity index (χ0) is 13.7. The SMILES string of the molecule is C=CCNC(=O)c1ccc(NC2CCC(C)C2)nc1. The Labute approximate surface area is 114 Å². The lowest BCUT2D eigenvalue weighted by Crippen LogP contribution is -2.23. The van der Waals surface area contributed by atoms with Crippen molar-refractivity contribution in [2.75, 3.05) is 11.9 Å². The largest absolute Gasteiger partial charge is 0.367 e. The molecule has 1 fully saturated rings. The molecule has 1 heterocycles. The second-order valence-electron chi connectivity index (χ2n) is 5.19. The third kappa shape index (κ3) is 3.81. The smallest absolute Gasteiger partial charge is 0.253 e. The fraction of sp³-hybridized carbons (Fsp3) is 0.467. The first-order valence-corrected chi connectivity index (χ1v) is 6.80. The maximum Gasteiger partial charge on any atom is 0.253 e. The molecule has 1 aliphatic carbocycles. The fourth-order valence-corrected chi connectivity index (χ4v) is 2.43. The number of hydrogen-bond donors (Lipinski definition) is 2. The highest BCUT2D eigenvalue weighted by Crippen LogP contribution is 2.26. The van der Waals surface area contributed by atoms with Crippen molar-refractivity contribution in [1.82, 2.24) is 10.3 Å². The Hall–Kier alpha value is -1.84. The van der Waals surface area contributed by atoms with Crippen LogP contribution in [0.3, 0.4) is 0 Å². The Bertz CT molecular complexity index is 441. The second-order valence-corrected chi connectivity index (χ2v) is 5.19. The van der Waals surface area contributed by atoms with Gasteiger partial charge in [-0.25, -0.2) is 4.98 Å². The summed E-state index contributed by atoms with van der Waals surface area (Å²) in [7, 11) is 0. The molecule has 0 aromatic carbocycles. The van der Waals surface area contributed by atoms with Gasteiger partial charge in [-0.2, -0.15) is 0 Å². The molecular weight excluding hydrogens is 238 g/mol. The molecule has 102 valence electrons. The van der Waals surface area contributed by atoms with E-state index < -0.39 is 0 Å². The first-order chi connectivity index (χ1) is 9.19. The molecule has 2 rings (SSSR count). The number of nitrogens with one attached hydrogen (secondary N) is 2. The molecule has 2 unspecified atom stereocenters. The van der Waals surface area contributed by atoms with Crippen molar-refractivity contribution in [3.63, 3.8) is 0 Å². The van der Waals surface area contributed by atoms with E-state index >= 15 is 0 Å². The number of carbonyl (C=O) groups excluding carboxylic acids is 1. The Morgan fingerprint density at radius 2 is 2.37 bits per heavy atom. The molecule has 0 spiro atoms. The topological polar surface area (TPSA) is 54.0 Å². The highest BCUT2D eigenvalue weighted by Gasteiger charge is 2.21. The molecule has 1 amide bonds. The molecular formula is C15H21N3O. The van der Waals surface area contributed by atoms with Crippen LogP contribution in [0.25, 0.3) is 0 Å². The number of hydrogen-bond acceptors (Lipinski definition) is 3. The van der Waals surface area contributed by atoms with Crippen molar-refractivity contribution in [3.05, 3.63) is 36.5 Å². The van der Waals surface area contributed by atoms with E-state index in [2.05, 4.69) is 29.1 Å². The number of carbonyl (C=O) groups is 1. The summed E-state index contributed by atoms with van der Waals surface area (Å²) in [4.78, 5) is 16.0. The third-order valence-electron chi connectivity index (χ3n) is 3.48. The summed E-state index contributed by atoms with van der Waals surface area (Å²) in [6, 6.07) is 4.18. The van der Waals surface area contributed by atoms with Crippen LogP contribution in [-0.4, -0.2) is 23.5 Å². The Morgan fingerprint density at radius 3 is 2.95 bits per heavy atom. The molecule has 19 heavy (non-hydrogen) atoms. The Balaban J connectivity index is 1.90. The maximum absolute atomic E-state index is 11.7.